The molecule has 0 aromatic heterocycles. The summed E-state index contributed by atoms with van der Waals surface area (Å²) in [4.78, 5) is 35.8. The molecule has 0 spiro atoms. The van der Waals surface area contributed by atoms with Gasteiger partial charge in [0.05, 0.1) is 13.2 Å². The van der Waals surface area contributed by atoms with Crippen LogP contribution in [0.1, 0.15) is 71.3 Å². The molecule has 0 saturated carbocycles. The molecule has 0 radical (unpaired) electrons. The van der Waals surface area contributed by atoms with Gasteiger partial charge in [0.2, 0.25) is 0 Å². The van der Waals surface area contributed by atoms with E-state index in [9.17, 15) is 14.4 Å². The second kappa shape index (κ2) is 20.2. The SMILES string of the molecule is C=C(C)C(=O)OCCCc1cc(-c2ccc(-c3ccc(OCCCCCCCC)cc3)cc2F)ccc1OCC1(COC(=O)C(=C)C)COC(=O)OC1. The smallest absolute Gasteiger partial charge is 0.494 e. The van der Waals surface area contributed by atoms with E-state index in [1.54, 1.807) is 25.1 Å². The standard InChI is InChI=1S/C43H51FO9/c1-6-7-8-9-10-11-22-48-36-18-14-32(15-19-36)33-16-20-37(38(44)25-33)34-17-21-39(35(24-34)13-12-23-49-40(45)30(2)3)50-26-43(27-51-41(46)31(4)5)28-52-42(47)53-29-43/h14-21,24-25H,2,4,6-13,22-23,26-29H2,1,3,5H3. The normalized spacial score (nSPS) is 13.3. The van der Waals surface area contributed by atoms with Crippen molar-refractivity contribution in [2.24, 2.45) is 5.41 Å². The Kier molecular flexibility index (Phi) is 15.5. The van der Waals surface area contributed by atoms with Crippen LogP contribution >= 0.6 is 0 Å². The zero-order valence-corrected chi connectivity index (χ0v) is 31.1. The topological polar surface area (TPSA) is 107 Å². The van der Waals surface area contributed by atoms with Crippen LogP contribution in [-0.2, 0) is 35.0 Å². The number of esters is 2. The number of ether oxygens (including phenoxy) is 6. The summed E-state index contributed by atoms with van der Waals surface area (Å²) >= 11 is 0. The minimum atomic E-state index is -0.980. The first kappa shape index (κ1) is 40.6. The van der Waals surface area contributed by atoms with Crippen molar-refractivity contribution < 1.29 is 47.2 Å². The van der Waals surface area contributed by atoms with Gasteiger partial charge in [0, 0.05) is 16.7 Å². The fourth-order valence-electron chi connectivity index (χ4n) is 5.67. The minimum absolute atomic E-state index is 0.0212. The molecule has 0 aliphatic carbocycles. The van der Waals surface area contributed by atoms with Gasteiger partial charge < -0.3 is 28.4 Å². The molecule has 1 aliphatic rings. The fraction of sp³-hybridized carbons (Fsp3) is 0.419. The Hall–Kier alpha value is -5.12. The number of unbranched alkanes of at least 4 members (excludes halogenated alkanes) is 5. The third kappa shape index (κ3) is 12.5. The van der Waals surface area contributed by atoms with Crippen LogP contribution < -0.4 is 9.47 Å². The van der Waals surface area contributed by atoms with Crippen LogP contribution in [0.2, 0.25) is 0 Å². The van der Waals surface area contributed by atoms with E-state index in [1.807, 2.05) is 36.4 Å². The third-order valence-corrected chi connectivity index (χ3v) is 8.85. The van der Waals surface area contributed by atoms with E-state index in [0.29, 0.717) is 41.9 Å². The Labute approximate surface area is 312 Å². The first-order valence-electron chi connectivity index (χ1n) is 18.2. The second-order valence-corrected chi connectivity index (χ2v) is 13.7. The highest BCUT2D eigenvalue weighted by molar-refractivity contribution is 5.87. The number of halogens is 1. The molecule has 3 aromatic carbocycles. The lowest BCUT2D eigenvalue weighted by atomic mass is 9.91. The van der Waals surface area contributed by atoms with Crippen molar-refractivity contribution in [2.75, 3.05) is 39.6 Å². The number of hydrogen-bond acceptors (Lipinski definition) is 9. The average molecular weight is 731 g/mol. The Morgan fingerprint density at radius 1 is 0.736 bits per heavy atom. The highest BCUT2D eigenvalue weighted by Crippen LogP contribution is 2.34. The number of rotatable bonds is 21. The van der Waals surface area contributed by atoms with Crippen LogP contribution in [0.4, 0.5) is 9.18 Å². The van der Waals surface area contributed by atoms with E-state index in [4.69, 9.17) is 28.4 Å². The minimum Gasteiger partial charge on any atom is -0.494 e. The van der Waals surface area contributed by atoms with Crippen LogP contribution in [0.3, 0.4) is 0 Å². The molecule has 1 heterocycles. The summed E-state index contributed by atoms with van der Waals surface area (Å²) in [6.45, 7) is 13.0. The molecule has 0 unspecified atom stereocenters. The molecule has 1 fully saturated rings. The first-order chi connectivity index (χ1) is 25.5. The lowest BCUT2D eigenvalue weighted by molar-refractivity contribution is -0.151. The highest BCUT2D eigenvalue weighted by Gasteiger charge is 2.41. The number of carbonyl (C=O) groups is 3. The maximum absolute atomic E-state index is 15.8. The molecule has 10 heteroatoms. The number of cyclic esters (lactones) is 2. The van der Waals surface area contributed by atoms with Crippen LogP contribution in [0.5, 0.6) is 11.5 Å². The maximum Gasteiger partial charge on any atom is 0.508 e. The van der Waals surface area contributed by atoms with Gasteiger partial charge in [-0.3, -0.25) is 0 Å². The zero-order valence-electron chi connectivity index (χ0n) is 31.1. The summed E-state index contributed by atoms with van der Waals surface area (Å²) in [7, 11) is 0. The largest absolute Gasteiger partial charge is 0.508 e. The molecule has 1 aliphatic heterocycles. The second-order valence-electron chi connectivity index (χ2n) is 13.7. The van der Waals surface area contributed by atoms with Gasteiger partial charge in [-0.05, 0) is 85.7 Å². The summed E-state index contributed by atoms with van der Waals surface area (Å²) in [5.74, 6) is -0.183. The summed E-state index contributed by atoms with van der Waals surface area (Å²) in [6, 6.07) is 18.2. The summed E-state index contributed by atoms with van der Waals surface area (Å²) < 4.78 is 48.9. The number of carbonyl (C=O) groups excluding carboxylic acids is 3. The molecular formula is C43H51FO9. The molecule has 1 saturated heterocycles. The van der Waals surface area contributed by atoms with Gasteiger partial charge >= 0.3 is 18.1 Å². The van der Waals surface area contributed by atoms with Crippen molar-refractivity contribution in [1.82, 2.24) is 0 Å². The number of benzene rings is 3. The Bertz CT molecular complexity index is 1720. The van der Waals surface area contributed by atoms with E-state index >= 15 is 4.39 Å². The first-order valence-corrected chi connectivity index (χ1v) is 18.2. The van der Waals surface area contributed by atoms with Crippen molar-refractivity contribution >= 4 is 18.1 Å². The summed E-state index contributed by atoms with van der Waals surface area (Å²) in [5, 5.41) is 0. The molecule has 0 bridgehead atoms. The Morgan fingerprint density at radius 2 is 1.38 bits per heavy atom. The van der Waals surface area contributed by atoms with E-state index in [0.717, 1.165) is 35.3 Å². The van der Waals surface area contributed by atoms with Gasteiger partial charge in [-0.15, -0.1) is 0 Å². The van der Waals surface area contributed by atoms with E-state index in [-0.39, 0.29) is 44.4 Å². The average Bonchev–Trinajstić information content (AvgIpc) is 3.15. The monoisotopic (exact) mass is 730 g/mol. The molecular weight excluding hydrogens is 679 g/mol. The zero-order chi connectivity index (χ0) is 38.2. The van der Waals surface area contributed by atoms with Gasteiger partial charge in [-0.2, -0.15) is 0 Å². The highest BCUT2D eigenvalue weighted by atomic mass is 19.1. The van der Waals surface area contributed by atoms with Gasteiger partial charge in [0.15, 0.2) is 0 Å². The number of hydrogen-bond donors (Lipinski definition) is 0. The summed E-state index contributed by atoms with van der Waals surface area (Å²) in [6.07, 6.45) is 7.27. The van der Waals surface area contributed by atoms with Gasteiger partial charge in [-0.25, -0.2) is 18.8 Å². The molecule has 4 rings (SSSR count). The van der Waals surface area contributed by atoms with E-state index in [1.165, 1.54) is 38.7 Å². The van der Waals surface area contributed by atoms with Gasteiger partial charge in [-0.1, -0.05) is 82.5 Å². The lowest BCUT2D eigenvalue weighted by Crippen LogP contribution is -2.47. The molecule has 0 N–H and O–H groups in total. The molecule has 3 aromatic rings. The van der Waals surface area contributed by atoms with Crippen LogP contribution in [0.25, 0.3) is 22.3 Å². The van der Waals surface area contributed by atoms with Crippen LogP contribution in [0, 0.1) is 11.2 Å². The summed E-state index contributed by atoms with van der Waals surface area (Å²) in [5.41, 5.74) is 2.93. The maximum atomic E-state index is 15.8. The fourth-order valence-corrected chi connectivity index (χ4v) is 5.67. The van der Waals surface area contributed by atoms with Gasteiger partial charge in [0.1, 0.15) is 49.2 Å². The molecule has 9 nitrogen and oxygen atoms in total. The van der Waals surface area contributed by atoms with E-state index < -0.39 is 23.5 Å². The van der Waals surface area contributed by atoms with Crippen LogP contribution in [0.15, 0.2) is 85.0 Å². The third-order valence-electron chi connectivity index (χ3n) is 8.85. The number of aryl methyl sites for hydroxylation is 1. The molecule has 0 atom stereocenters. The molecule has 0 amide bonds. The predicted octanol–water partition coefficient (Wildman–Crippen LogP) is 9.60. The van der Waals surface area contributed by atoms with E-state index in [2.05, 4.69) is 20.1 Å². The molecule has 53 heavy (non-hydrogen) atoms. The Morgan fingerprint density at radius 3 is 2.06 bits per heavy atom. The van der Waals surface area contributed by atoms with Crippen molar-refractivity contribution in [3.8, 4) is 33.8 Å². The lowest BCUT2D eigenvalue weighted by Gasteiger charge is -2.35. The van der Waals surface area contributed by atoms with Crippen molar-refractivity contribution in [3.63, 3.8) is 0 Å². The molecule has 284 valence electrons. The van der Waals surface area contributed by atoms with Crippen LogP contribution in [-0.4, -0.2) is 57.7 Å². The van der Waals surface area contributed by atoms with Crippen molar-refractivity contribution in [2.45, 2.75) is 72.1 Å². The van der Waals surface area contributed by atoms with Gasteiger partial charge in [0.25, 0.3) is 0 Å². The van der Waals surface area contributed by atoms with Crippen molar-refractivity contribution in [1.29, 1.82) is 0 Å². The van der Waals surface area contributed by atoms with Crippen molar-refractivity contribution in [3.05, 3.63) is 96.3 Å². The quantitative estimate of drug-likeness (QED) is 0.0458. The predicted molar refractivity (Wildman–Crippen MR) is 201 cm³/mol. The Balaban J connectivity index is 1.49.